The maximum Gasteiger partial charge on any atom is 0.0262 e. The Kier molecular flexibility index (Phi) is 4.51. The van der Waals surface area contributed by atoms with E-state index in [-0.39, 0.29) is 0 Å². The highest BCUT2D eigenvalue weighted by atomic mass is 28.1. The van der Waals surface area contributed by atoms with Crippen molar-refractivity contribution in [3.63, 3.8) is 0 Å². The van der Waals surface area contributed by atoms with E-state index in [1.165, 1.54) is 19.3 Å². The van der Waals surface area contributed by atoms with Crippen molar-refractivity contribution in [2.45, 2.75) is 38.7 Å². The van der Waals surface area contributed by atoms with E-state index in [4.69, 9.17) is 0 Å². The van der Waals surface area contributed by atoms with Gasteiger partial charge in [-0.05, 0) is 0 Å². The number of unbranched alkanes of at least 4 members (excludes halogenated alkanes) is 1. The predicted octanol–water partition coefficient (Wildman–Crippen LogP) is 2.15. The summed E-state index contributed by atoms with van der Waals surface area (Å²) in [5.41, 5.74) is 0.708. The van der Waals surface area contributed by atoms with E-state index >= 15 is 0 Å². The van der Waals surface area contributed by atoms with Crippen LogP contribution >= 0.6 is 0 Å². The molecule has 0 aromatic carbocycles. The maximum atomic E-state index is 3.52. The van der Waals surface area contributed by atoms with Crippen LogP contribution in [0.4, 0.5) is 0 Å². The van der Waals surface area contributed by atoms with Gasteiger partial charge in [0.15, 0.2) is 0 Å². The molecule has 0 heterocycles. The van der Waals surface area contributed by atoms with E-state index in [1.807, 2.05) is 0 Å². The zero-order valence-corrected chi connectivity index (χ0v) is 6.20. The average Bonchev–Trinajstić information content (AvgIpc) is 1.61. The topological polar surface area (TPSA) is 0 Å². The molecule has 1 unspecified atom stereocenters. The van der Waals surface area contributed by atoms with Gasteiger partial charge in [0.2, 0.25) is 0 Å². The standard InChI is InChI=1S/C6H13Si/c1-3-4-5-6(2)7/h6H,3-5H2,1-2H3. The molecule has 0 nitrogen and oxygen atoms in total. The Morgan fingerprint density at radius 3 is 2.29 bits per heavy atom. The highest BCUT2D eigenvalue weighted by Crippen LogP contribution is 2.07. The molecule has 0 rings (SSSR count). The minimum absolute atomic E-state index is 0.708. The number of hydrogen-bond acceptors (Lipinski definition) is 0. The van der Waals surface area contributed by atoms with E-state index in [0.717, 1.165) is 0 Å². The molecule has 0 aliphatic rings. The van der Waals surface area contributed by atoms with Crippen LogP contribution in [0, 0.1) is 0 Å². The van der Waals surface area contributed by atoms with Crippen LogP contribution in [0.1, 0.15) is 33.1 Å². The Hall–Kier alpha value is 0.217. The summed E-state index contributed by atoms with van der Waals surface area (Å²) in [5.74, 6) is 0. The fourth-order valence-corrected chi connectivity index (χ4v) is 0.714. The van der Waals surface area contributed by atoms with Crippen molar-refractivity contribution in [3.05, 3.63) is 0 Å². The van der Waals surface area contributed by atoms with Gasteiger partial charge in [0.05, 0.1) is 0 Å². The first kappa shape index (κ1) is 7.22. The molecule has 0 fully saturated rings. The van der Waals surface area contributed by atoms with Crippen LogP contribution in [-0.2, 0) is 0 Å². The fraction of sp³-hybridized carbons (Fsp3) is 1.00. The lowest BCUT2D eigenvalue weighted by Gasteiger charge is -1.98. The van der Waals surface area contributed by atoms with Crippen LogP contribution in [0.25, 0.3) is 0 Å². The largest absolute Gasteiger partial charge is 0.0656 e. The molecule has 0 aromatic rings. The quantitative estimate of drug-likeness (QED) is 0.492. The normalized spacial score (nSPS) is 14.1. The van der Waals surface area contributed by atoms with Crippen molar-refractivity contribution in [1.82, 2.24) is 0 Å². The van der Waals surface area contributed by atoms with Crippen LogP contribution in [-0.4, -0.2) is 10.2 Å². The zero-order valence-electron chi connectivity index (χ0n) is 5.20. The van der Waals surface area contributed by atoms with Crippen molar-refractivity contribution >= 4 is 10.2 Å². The molecule has 0 aliphatic carbocycles. The van der Waals surface area contributed by atoms with Crippen LogP contribution in [0.5, 0.6) is 0 Å². The Balaban J connectivity index is 2.68. The van der Waals surface area contributed by atoms with Gasteiger partial charge < -0.3 is 0 Å². The van der Waals surface area contributed by atoms with Gasteiger partial charge in [-0.25, -0.2) is 0 Å². The second-order valence-corrected chi connectivity index (χ2v) is 3.03. The zero-order chi connectivity index (χ0) is 5.70. The van der Waals surface area contributed by atoms with Crippen molar-refractivity contribution in [2.75, 3.05) is 0 Å². The lowest BCUT2D eigenvalue weighted by molar-refractivity contribution is 0.701. The maximum absolute atomic E-state index is 3.52. The average molecular weight is 113 g/mol. The first-order valence-electron chi connectivity index (χ1n) is 2.98. The molecule has 1 atom stereocenters. The van der Waals surface area contributed by atoms with Crippen LogP contribution in [0.15, 0.2) is 0 Å². The van der Waals surface area contributed by atoms with Crippen molar-refractivity contribution < 1.29 is 0 Å². The van der Waals surface area contributed by atoms with Crippen LogP contribution in [0.3, 0.4) is 0 Å². The smallest absolute Gasteiger partial charge is 0.0262 e. The lowest BCUT2D eigenvalue weighted by atomic mass is 10.2. The summed E-state index contributed by atoms with van der Waals surface area (Å²) in [6.07, 6.45) is 3.98. The predicted molar refractivity (Wildman–Crippen MR) is 34.7 cm³/mol. The Morgan fingerprint density at radius 1 is 1.57 bits per heavy atom. The fourth-order valence-electron chi connectivity index (χ4n) is 0.510. The summed E-state index contributed by atoms with van der Waals surface area (Å²) in [6.45, 7) is 4.40. The third-order valence-corrected chi connectivity index (χ3v) is 1.28. The minimum atomic E-state index is 0.708. The van der Waals surface area contributed by atoms with E-state index < -0.39 is 0 Å². The summed E-state index contributed by atoms with van der Waals surface area (Å²) < 4.78 is 0. The molecule has 7 heavy (non-hydrogen) atoms. The van der Waals surface area contributed by atoms with E-state index in [1.54, 1.807) is 0 Å². The molecule has 0 spiro atoms. The molecule has 0 N–H and O–H groups in total. The van der Waals surface area contributed by atoms with Gasteiger partial charge in [0.1, 0.15) is 0 Å². The SMILES string of the molecule is CCCCC(C)[Si]. The van der Waals surface area contributed by atoms with Gasteiger partial charge in [0.25, 0.3) is 0 Å². The molecular formula is C6H13Si. The molecule has 0 aliphatic heterocycles. The van der Waals surface area contributed by atoms with Crippen molar-refractivity contribution in [1.29, 1.82) is 0 Å². The van der Waals surface area contributed by atoms with Gasteiger partial charge in [-0.2, -0.15) is 0 Å². The molecule has 0 aromatic heterocycles. The second kappa shape index (κ2) is 4.38. The molecule has 0 saturated heterocycles. The van der Waals surface area contributed by atoms with Crippen molar-refractivity contribution in [2.24, 2.45) is 0 Å². The highest BCUT2D eigenvalue weighted by Gasteiger charge is 1.89. The van der Waals surface area contributed by atoms with Crippen LogP contribution < -0.4 is 0 Å². The van der Waals surface area contributed by atoms with E-state index in [2.05, 4.69) is 24.1 Å². The first-order chi connectivity index (χ1) is 3.27. The number of rotatable bonds is 3. The number of hydrogen-bond donors (Lipinski definition) is 0. The molecule has 41 valence electrons. The van der Waals surface area contributed by atoms with Gasteiger partial charge in [-0.15, -0.1) is 0 Å². The third-order valence-electron chi connectivity index (χ3n) is 0.991. The summed E-state index contributed by atoms with van der Waals surface area (Å²) in [4.78, 5) is 0. The minimum Gasteiger partial charge on any atom is -0.0656 e. The Morgan fingerprint density at radius 2 is 2.14 bits per heavy atom. The highest BCUT2D eigenvalue weighted by molar-refractivity contribution is 6.11. The summed E-state index contributed by atoms with van der Waals surface area (Å²) >= 11 is 0. The summed E-state index contributed by atoms with van der Waals surface area (Å²) in [7, 11) is 3.52. The third kappa shape index (κ3) is 6.22. The van der Waals surface area contributed by atoms with Crippen LogP contribution in [0.2, 0.25) is 5.54 Å². The second-order valence-electron chi connectivity index (χ2n) is 2.04. The van der Waals surface area contributed by atoms with Gasteiger partial charge in [0, 0.05) is 10.2 Å². The molecular weight excluding hydrogens is 100 g/mol. The Labute approximate surface area is 49.7 Å². The molecule has 0 saturated carbocycles. The molecule has 0 amide bonds. The van der Waals surface area contributed by atoms with Gasteiger partial charge in [-0.1, -0.05) is 38.7 Å². The first-order valence-corrected chi connectivity index (χ1v) is 3.56. The van der Waals surface area contributed by atoms with E-state index in [0.29, 0.717) is 5.54 Å². The van der Waals surface area contributed by atoms with Gasteiger partial charge >= 0.3 is 0 Å². The monoisotopic (exact) mass is 113 g/mol. The van der Waals surface area contributed by atoms with Gasteiger partial charge in [-0.3, -0.25) is 0 Å². The molecule has 3 radical (unpaired) electrons. The summed E-state index contributed by atoms with van der Waals surface area (Å²) in [6, 6.07) is 0. The van der Waals surface area contributed by atoms with Crippen molar-refractivity contribution in [3.8, 4) is 0 Å². The lowest BCUT2D eigenvalue weighted by Crippen LogP contribution is -1.82. The molecule has 0 bridgehead atoms. The summed E-state index contributed by atoms with van der Waals surface area (Å²) in [5, 5.41) is 0. The Bertz CT molecular complexity index is 33.2. The van der Waals surface area contributed by atoms with E-state index in [9.17, 15) is 0 Å². The molecule has 1 heteroatoms.